The Labute approximate surface area is 121 Å². The molecule has 0 radical (unpaired) electrons. The topological polar surface area (TPSA) is 62.4 Å². The summed E-state index contributed by atoms with van der Waals surface area (Å²) in [5.41, 5.74) is 6.17. The van der Waals surface area contributed by atoms with Crippen LogP contribution in [0.3, 0.4) is 0 Å². The molecule has 0 bridgehead atoms. The first kappa shape index (κ1) is 14.3. The molecule has 3 N–H and O–H groups in total. The molecule has 5 nitrogen and oxygen atoms in total. The maximum absolute atomic E-state index is 12.2. The average Bonchev–Trinajstić information content (AvgIpc) is 2.99. The van der Waals surface area contributed by atoms with E-state index >= 15 is 0 Å². The Kier molecular flexibility index (Phi) is 4.91. The quantitative estimate of drug-likeness (QED) is 0.738. The molecule has 1 amide bonds. The lowest BCUT2D eigenvalue weighted by Crippen LogP contribution is -2.48. The molecule has 1 heterocycles. The molecule has 3 rings (SSSR count). The lowest BCUT2D eigenvalue weighted by Gasteiger charge is -2.26. The molecule has 2 aliphatic carbocycles. The Morgan fingerprint density at radius 1 is 0.900 bits per heavy atom. The molecule has 1 saturated heterocycles. The SMILES string of the molecule is O=C(NC1CCCCC1)C1NNC(C2CCCCC2)O1. The van der Waals surface area contributed by atoms with E-state index < -0.39 is 6.23 Å². The van der Waals surface area contributed by atoms with Crippen molar-refractivity contribution in [2.75, 3.05) is 0 Å². The highest BCUT2D eigenvalue weighted by Gasteiger charge is 2.35. The molecule has 0 spiro atoms. The summed E-state index contributed by atoms with van der Waals surface area (Å²) in [4.78, 5) is 12.2. The van der Waals surface area contributed by atoms with Gasteiger partial charge in [0.25, 0.3) is 5.91 Å². The Morgan fingerprint density at radius 3 is 2.25 bits per heavy atom. The predicted molar refractivity (Wildman–Crippen MR) is 76.5 cm³/mol. The van der Waals surface area contributed by atoms with Crippen molar-refractivity contribution in [1.29, 1.82) is 0 Å². The molecule has 1 aliphatic heterocycles. The molecule has 2 unspecified atom stereocenters. The van der Waals surface area contributed by atoms with Crippen LogP contribution < -0.4 is 16.2 Å². The van der Waals surface area contributed by atoms with E-state index in [-0.39, 0.29) is 12.1 Å². The van der Waals surface area contributed by atoms with Crippen LogP contribution in [-0.2, 0) is 9.53 Å². The molecular formula is C15H27N3O2. The minimum Gasteiger partial charge on any atom is -0.350 e. The first-order valence-electron chi connectivity index (χ1n) is 8.30. The Bertz CT molecular complexity index is 325. The van der Waals surface area contributed by atoms with Crippen molar-refractivity contribution >= 4 is 5.91 Å². The van der Waals surface area contributed by atoms with E-state index in [2.05, 4.69) is 16.2 Å². The fraction of sp³-hybridized carbons (Fsp3) is 0.933. The molecule has 0 aromatic carbocycles. The van der Waals surface area contributed by atoms with Crippen LogP contribution >= 0.6 is 0 Å². The number of carbonyl (C=O) groups excluding carboxylic acids is 1. The van der Waals surface area contributed by atoms with Crippen molar-refractivity contribution in [1.82, 2.24) is 16.2 Å². The van der Waals surface area contributed by atoms with Gasteiger partial charge >= 0.3 is 0 Å². The van der Waals surface area contributed by atoms with Crippen molar-refractivity contribution in [3.8, 4) is 0 Å². The van der Waals surface area contributed by atoms with Gasteiger partial charge in [-0.1, -0.05) is 38.5 Å². The van der Waals surface area contributed by atoms with Gasteiger partial charge in [-0.15, -0.1) is 0 Å². The molecule has 0 aromatic rings. The highest BCUT2D eigenvalue weighted by molar-refractivity contribution is 5.80. The highest BCUT2D eigenvalue weighted by atomic mass is 16.6. The standard InChI is InChI=1S/C15H27N3O2/c19-13(16-12-9-5-2-6-10-12)15-18-17-14(20-15)11-7-3-1-4-8-11/h11-12,14-15,17-18H,1-10H2,(H,16,19). The number of nitrogens with one attached hydrogen (secondary N) is 3. The first-order chi connectivity index (χ1) is 9.83. The van der Waals surface area contributed by atoms with Crippen molar-refractivity contribution < 1.29 is 9.53 Å². The number of hydrogen-bond acceptors (Lipinski definition) is 4. The van der Waals surface area contributed by atoms with Crippen LogP contribution in [0.5, 0.6) is 0 Å². The maximum Gasteiger partial charge on any atom is 0.265 e. The van der Waals surface area contributed by atoms with Crippen molar-refractivity contribution in [3.05, 3.63) is 0 Å². The zero-order chi connectivity index (χ0) is 13.8. The van der Waals surface area contributed by atoms with Gasteiger partial charge in [0, 0.05) is 6.04 Å². The van der Waals surface area contributed by atoms with Gasteiger partial charge in [-0.05, 0) is 31.6 Å². The van der Waals surface area contributed by atoms with Crippen LogP contribution in [0.1, 0.15) is 64.2 Å². The van der Waals surface area contributed by atoms with Gasteiger partial charge in [0.15, 0.2) is 0 Å². The van der Waals surface area contributed by atoms with Crippen LogP contribution in [0, 0.1) is 5.92 Å². The summed E-state index contributed by atoms with van der Waals surface area (Å²) < 4.78 is 5.87. The Morgan fingerprint density at radius 2 is 1.55 bits per heavy atom. The summed E-state index contributed by atoms with van der Waals surface area (Å²) in [5.74, 6) is 0.534. The second-order valence-corrected chi connectivity index (χ2v) is 6.47. The van der Waals surface area contributed by atoms with Crippen LogP contribution in [-0.4, -0.2) is 24.4 Å². The predicted octanol–water partition coefficient (Wildman–Crippen LogP) is 1.79. The van der Waals surface area contributed by atoms with Gasteiger partial charge in [0.2, 0.25) is 6.23 Å². The lowest BCUT2D eigenvalue weighted by molar-refractivity contribution is -0.135. The lowest BCUT2D eigenvalue weighted by atomic mass is 9.88. The van der Waals surface area contributed by atoms with Crippen LogP contribution in [0.2, 0.25) is 0 Å². The minimum atomic E-state index is -0.524. The van der Waals surface area contributed by atoms with E-state index in [1.807, 2.05) is 0 Å². The maximum atomic E-state index is 12.2. The number of amides is 1. The number of ether oxygens (including phenoxy) is 1. The largest absolute Gasteiger partial charge is 0.350 e. The average molecular weight is 281 g/mol. The minimum absolute atomic E-state index is 0.00240. The van der Waals surface area contributed by atoms with Crippen molar-refractivity contribution in [2.24, 2.45) is 5.92 Å². The number of carbonyl (C=O) groups is 1. The smallest absolute Gasteiger partial charge is 0.265 e. The molecule has 5 heteroatoms. The summed E-state index contributed by atoms with van der Waals surface area (Å²) >= 11 is 0. The van der Waals surface area contributed by atoms with Crippen LogP contribution in [0.15, 0.2) is 0 Å². The molecule has 3 fully saturated rings. The molecule has 114 valence electrons. The van der Waals surface area contributed by atoms with Crippen LogP contribution in [0.25, 0.3) is 0 Å². The summed E-state index contributed by atoms with van der Waals surface area (Å²) in [5, 5.41) is 3.12. The molecule has 20 heavy (non-hydrogen) atoms. The monoisotopic (exact) mass is 281 g/mol. The van der Waals surface area contributed by atoms with E-state index in [0.29, 0.717) is 12.0 Å². The Balaban J connectivity index is 1.45. The van der Waals surface area contributed by atoms with Gasteiger partial charge in [-0.2, -0.15) is 0 Å². The third-order valence-corrected chi connectivity index (χ3v) is 4.91. The van der Waals surface area contributed by atoms with Gasteiger partial charge in [-0.25, -0.2) is 10.9 Å². The van der Waals surface area contributed by atoms with Crippen molar-refractivity contribution in [3.63, 3.8) is 0 Å². The van der Waals surface area contributed by atoms with E-state index in [9.17, 15) is 4.79 Å². The van der Waals surface area contributed by atoms with Crippen LogP contribution in [0.4, 0.5) is 0 Å². The third kappa shape index (κ3) is 3.51. The van der Waals surface area contributed by atoms with E-state index in [1.165, 1.54) is 51.4 Å². The van der Waals surface area contributed by atoms with E-state index in [0.717, 1.165) is 12.8 Å². The second kappa shape index (κ2) is 6.87. The van der Waals surface area contributed by atoms with E-state index in [4.69, 9.17) is 4.74 Å². The van der Waals surface area contributed by atoms with Gasteiger partial charge in [0.1, 0.15) is 6.23 Å². The summed E-state index contributed by atoms with van der Waals surface area (Å²) in [6.45, 7) is 0. The molecule has 0 aromatic heterocycles. The second-order valence-electron chi connectivity index (χ2n) is 6.47. The number of rotatable bonds is 3. The first-order valence-corrected chi connectivity index (χ1v) is 8.30. The highest BCUT2D eigenvalue weighted by Crippen LogP contribution is 2.28. The van der Waals surface area contributed by atoms with Gasteiger partial charge in [-0.3, -0.25) is 4.79 Å². The number of hydrazine groups is 1. The third-order valence-electron chi connectivity index (χ3n) is 4.91. The van der Waals surface area contributed by atoms with Crippen molar-refractivity contribution in [2.45, 2.75) is 82.7 Å². The summed E-state index contributed by atoms with van der Waals surface area (Å²) in [6, 6.07) is 0.343. The number of hydrogen-bond donors (Lipinski definition) is 3. The zero-order valence-corrected chi connectivity index (χ0v) is 12.2. The fourth-order valence-corrected chi connectivity index (χ4v) is 3.69. The summed E-state index contributed by atoms with van der Waals surface area (Å²) in [6.07, 6.45) is 11.8. The molecule has 2 saturated carbocycles. The fourth-order valence-electron chi connectivity index (χ4n) is 3.69. The molecule has 3 aliphatic rings. The zero-order valence-electron chi connectivity index (χ0n) is 12.2. The normalized spacial score (nSPS) is 33.2. The van der Waals surface area contributed by atoms with Gasteiger partial charge in [0.05, 0.1) is 0 Å². The Hall–Kier alpha value is -0.650. The van der Waals surface area contributed by atoms with Gasteiger partial charge < -0.3 is 10.1 Å². The molecular weight excluding hydrogens is 254 g/mol. The summed E-state index contributed by atoms with van der Waals surface area (Å²) in [7, 11) is 0. The molecule has 2 atom stereocenters. The van der Waals surface area contributed by atoms with E-state index in [1.54, 1.807) is 0 Å².